The molecule has 2 aromatic rings. The summed E-state index contributed by atoms with van der Waals surface area (Å²) in [5.41, 5.74) is 0.699. The van der Waals surface area contributed by atoms with Gasteiger partial charge in [0.1, 0.15) is 0 Å². The van der Waals surface area contributed by atoms with Crippen LogP contribution in [0.1, 0.15) is 45.4 Å². The largest absolute Gasteiger partial charge is 0.342 e. The molecule has 0 atom stereocenters. The highest BCUT2D eigenvalue weighted by Crippen LogP contribution is 2.27. The fourth-order valence-electron chi connectivity index (χ4n) is 3.05. The van der Waals surface area contributed by atoms with E-state index in [1.807, 2.05) is 36.2 Å². The summed E-state index contributed by atoms with van der Waals surface area (Å²) >= 11 is 1.38. The van der Waals surface area contributed by atoms with Crippen LogP contribution in [0.15, 0.2) is 34.2 Å². The smallest absolute Gasteiger partial charge is 0.262 e. The highest BCUT2D eigenvalue weighted by molar-refractivity contribution is 7.99. The molecular formula is C20H27N3O2S. The van der Waals surface area contributed by atoms with Crippen LogP contribution in [0.25, 0.3) is 10.9 Å². The number of nitrogens with zero attached hydrogens (tertiary/aromatic N) is 3. The van der Waals surface area contributed by atoms with Gasteiger partial charge in [0.15, 0.2) is 5.16 Å². The predicted molar refractivity (Wildman–Crippen MR) is 107 cm³/mol. The van der Waals surface area contributed by atoms with Gasteiger partial charge < -0.3 is 4.90 Å². The van der Waals surface area contributed by atoms with Gasteiger partial charge in [-0.1, -0.05) is 50.1 Å². The summed E-state index contributed by atoms with van der Waals surface area (Å²) < 4.78 is 1.76. The maximum absolute atomic E-state index is 12.9. The minimum atomic E-state index is -0.00223. The van der Waals surface area contributed by atoms with E-state index in [1.54, 1.807) is 4.57 Å². The molecule has 1 heterocycles. The van der Waals surface area contributed by atoms with Crippen LogP contribution in [0.4, 0.5) is 0 Å². The van der Waals surface area contributed by atoms with Gasteiger partial charge in [0.2, 0.25) is 5.91 Å². The zero-order valence-electron chi connectivity index (χ0n) is 15.6. The predicted octanol–water partition coefficient (Wildman–Crippen LogP) is 3.69. The van der Waals surface area contributed by atoms with Crippen molar-refractivity contribution >= 4 is 28.6 Å². The fraction of sp³-hybridized carbons (Fsp3) is 0.550. The van der Waals surface area contributed by atoms with E-state index in [4.69, 9.17) is 0 Å². The number of thioether (sulfide) groups is 1. The summed E-state index contributed by atoms with van der Waals surface area (Å²) in [6.07, 6.45) is 6.59. The number of carbonyl (C=O) groups excluding carboxylic acids is 1. The highest BCUT2D eigenvalue weighted by Gasteiger charge is 2.29. The molecule has 0 unspecified atom stereocenters. The van der Waals surface area contributed by atoms with Crippen LogP contribution < -0.4 is 5.56 Å². The molecule has 1 fully saturated rings. The lowest BCUT2D eigenvalue weighted by Crippen LogP contribution is -2.31. The standard InChI is InChI=1S/C20H27N3O2S/c1-3-4-5-8-13-23-19(25)16-9-6-7-10-17(16)21-20(23)26-14-18(24)22(2)15-11-12-15/h6-7,9-10,15H,3-5,8,11-14H2,1-2H3. The number of amides is 1. The number of hydrogen-bond acceptors (Lipinski definition) is 4. The van der Waals surface area contributed by atoms with Crippen molar-refractivity contribution in [2.45, 2.75) is 63.2 Å². The molecule has 0 saturated heterocycles. The topological polar surface area (TPSA) is 55.2 Å². The van der Waals surface area contributed by atoms with Gasteiger partial charge in [-0.25, -0.2) is 4.98 Å². The van der Waals surface area contributed by atoms with Crippen molar-refractivity contribution in [3.05, 3.63) is 34.6 Å². The minimum absolute atomic E-state index is 0.00223. The van der Waals surface area contributed by atoms with Crippen molar-refractivity contribution in [2.24, 2.45) is 0 Å². The molecule has 0 bridgehead atoms. The Morgan fingerprint density at radius 3 is 2.77 bits per heavy atom. The van der Waals surface area contributed by atoms with E-state index < -0.39 is 0 Å². The quantitative estimate of drug-likeness (QED) is 0.382. The molecule has 26 heavy (non-hydrogen) atoms. The van der Waals surface area contributed by atoms with Gasteiger partial charge in [0.05, 0.1) is 16.7 Å². The molecule has 1 saturated carbocycles. The Hall–Kier alpha value is -1.82. The number of fused-ring (bicyclic) bond motifs is 1. The Kier molecular flexibility index (Phi) is 6.35. The van der Waals surface area contributed by atoms with E-state index in [9.17, 15) is 9.59 Å². The maximum atomic E-state index is 12.9. The van der Waals surface area contributed by atoms with Crippen LogP contribution in [0.3, 0.4) is 0 Å². The monoisotopic (exact) mass is 373 g/mol. The first-order valence-electron chi connectivity index (χ1n) is 9.50. The molecule has 0 radical (unpaired) electrons. The molecule has 0 N–H and O–H groups in total. The normalized spacial score (nSPS) is 13.9. The average molecular weight is 374 g/mol. The average Bonchev–Trinajstić information content (AvgIpc) is 3.49. The number of aromatic nitrogens is 2. The molecule has 5 nitrogen and oxygen atoms in total. The van der Waals surface area contributed by atoms with Crippen molar-refractivity contribution in [1.29, 1.82) is 0 Å². The Bertz CT molecular complexity index is 829. The number of carbonyl (C=O) groups is 1. The third kappa shape index (κ3) is 4.47. The lowest BCUT2D eigenvalue weighted by atomic mass is 10.2. The zero-order chi connectivity index (χ0) is 18.5. The molecule has 6 heteroatoms. The second kappa shape index (κ2) is 8.71. The summed E-state index contributed by atoms with van der Waals surface area (Å²) in [7, 11) is 1.87. The van der Waals surface area contributed by atoms with Crippen molar-refractivity contribution in [3.8, 4) is 0 Å². The first kappa shape index (κ1) is 19.0. The van der Waals surface area contributed by atoms with Gasteiger partial charge >= 0.3 is 0 Å². The molecule has 140 valence electrons. The van der Waals surface area contributed by atoms with Crippen LogP contribution in [-0.2, 0) is 11.3 Å². The van der Waals surface area contributed by atoms with Crippen molar-refractivity contribution in [3.63, 3.8) is 0 Å². The van der Waals surface area contributed by atoms with E-state index in [1.165, 1.54) is 18.2 Å². The van der Waals surface area contributed by atoms with Crippen molar-refractivity contribution in [2.75, 3.05) is 12.8 Å². The molecule has 1 aromatic heterocycles. The lowest BCUT2D eigenvalue weighted by molar-refractivity contribution is -0.127. The number of hydrogen-bond donors (Lipinski definition) is 0. The Morgan fingerprint density at radius 2 is 2.04 bits per heavy atom. The molecule has 0 aliphatic heterocycles. The second-order valence-electron chi connectivity index (χ2n) is 6.95. The van der Waals surface area contributed by atoms with Crippen molar-refractivity contribution in [1.82, 2.24) is 14.5 Å². The molecule has 1 aromatic carbocycles. The molecule has 1 aliphatic carbocycles. The Balaban J connectivity index is 1.81. The van der Waals surface area contributed by atoms with Crippen LogP contribution >= 0.6 is 11.8 Å². The first-order chi connectivity index (χ1) is 12.6. The summed E-state index contributed by atoms with van der Waals surface area (Å²) in [6.45, 7) is 2.83. The molecule has 1 aliphatic rings. The van der Waals surface area contributed by atoms with Gasteiger partial charge in [-0.05, 0) is 31.4 Å². The summed E-state index contributed by atoms with van der Waals surface area (Å²) in [5, 5.41) is 1.30. The molecule has 3 rings (SSSR count). The summed E-state index contributed by atoms with van der Waals surface area (Å²) in [5.74, 6) is 0.435. The van der Waals surface area contributed by atoms with Crippen LogP contribution in [-0.4, -0.2) is 39.2 Å². The first-order valence-corrected chi connectivity index (χ1v) is 10.5. The van der Waals surface area contributed by atoms with Gasteiger partial charge in [-0.15, -0.1) is 0 Å². The number of rotatable bonds is 9. The van der Waals surface area contributed by atoms with E-state index in [2.05, 4.69) is 11.9 Å². The van der Waals surface area contributed by atoms with E-state index in [0.717, 1.165) is 32.1 Å². The van der Waals surface area contributed by atoms with Gasteiger partial charge in [0.25, 0.3) is 5.56 Å². The zero-order valence-corrected chi connectivity index (χ0v) is 16.4. The molecule has 1 amide bonds. The van der Waals surface area contributed by atoms with Crippen molar-refractivity contribution < 1.29 is 4.79 Å². The SMILES string of the molecule is CCCCCCn1c(SCC(=O)N(C)C2CC2)nc2ccccc2c1=O. The van der Waals surface area contributed by atoms with Gasteiger partial charge in [-0.2, -0.15) is 0 Å². The van der Waals surface area contributed by atoms with Crippen LogP contribution in [0.5, 0.6) is 0 Å². The van der Waals surface area contributed by atoms with Crippen LogP contribution in [0.2, 0.25) is 0 Å². The lowest BCUT2D eigenvalue weighted by Gasteiger charge is -2.17. The Morgan fingerprint density at radius 1 is 1.27 bits per heavy atom. The van der Waals surface area contributed by atoms with Gasteiger partial charge in [-0.3, -0.25) is 14.2 Å². The maximum Gasteiger partial charge on any atom is 0.262 e. The summed E-state index contributed by atoms with van der Waals surface area (Å²) in [6, 6.07) is 7.85. The fourth-order valence-corrected chi connectivity index (χ4v) is 3.99. The van der Waals surface area contributed by atoms with Gasteiger partial charge in [0, 0.05) is 19.6 Å². The minimum Gasteiger partial charge on any atom is -0.342 e. The van der Waals surface area contributed by atoms with E-state index in [-0.39, 0.29) is 11.5 Å². The molecular weight excluding hydrogens is 346 g/mol. The third-order valence-corrected chi connectivity index (χ3v) is 5.84. The number of unbranched alkanes of at least 4 members (excludes halogenated alkanes) is 3. The highest BCUT2D eigenvalue weighted by atomic mass is 32.2. The van der Waals surface area contributed by atoms with E-state index >= 15 is 0 Å². The second-order valence-corrected chi connectivity index (χ2v) is 7.90. The van der Waals surface area contributed by atoms with E-state index in [0.29, 0.717) is 34.4 Å². The number of para-hydroxylation sites is 1. The molecule has 0 spiro atoms. The van der Waals surface area contributed by atoms with Crippen LogP contribution in [0, 0.1) is 0 Å². The third-order valence-electron chi connectivity index (χ3n) is 4.87. The Labute approximate surface area is 158 Å². The number of benzene rings is 1. The summed E-state index contributed by atoms with van der Waals surface area (Å²) in [4.78, 5) is 31.8.